The molecule has 1 fully saturated rings. The number of carbonyl (C=O) groups excluding carboxylic acids is 2. The van der Waals surface area contributed by atoms with Crippen LogP contribution < -0.4 is 0 Å². The first-order valence-electron chi connectivity index (χ1n) is 11.6. The zero-order valence-corrected chi connectivity index (χ0v) is 19.2. The molecule has 2 aromatic carbocycles. The number of fused-ring (bicyclic) bond motifs is 2. The van der Waals surface area contributed by atoms with Crippen LogP contribution in [0.4, 0.5) is 0 Å². The van der Waals surface area contributed by atoms with Crippen LogP contribution in [0.5, 0.6) is 0 Å². The molecule has 0 saturated carbocycles. The lowest BCUT2D eigenvalue weighted by Crippen LogP contribution is -2.50. The Kier molecular flexibility index (Phi) is 5.06. The van der Waals surface area contributed by atoms with Gasteiger partial charge in [0.25, 0.3) is 5.91 Å². The Morgan fingerprint density at radius 2 is 1.63 bits per heavy atom. The van der Waals surface area contributed by atoms with Crippen molar-refractivity contribution in [3.63, 3.8) is 0 Å². The van der Waals surface area contributed by atoms with Crippen LogP contribution in [0.25, 0.3) is 39.3 Å². The van der Waals surface area contributed by atoms with Gasteiger partial charge >= 0.3 is 0 Å². The summed E-state index contributed by atoms with van der Waals surface area (Å²) in [6.07, 6.45) is 1.76. The third-order valence-electron chi connectivity index (χ3n) is 6.48. The number of piperazine rings is 1. The molecule has 1 aliphatic heterocycles. The summed E-state index contributed by atoms with van der Waals surface area (Å²) in [5.41, 5.74) is 4.60. The minimum atomic E-state index is -0.0232. The molecular weight excluding hydrogens is 442 g/mol. The van der Waals surface area contributed by atoms with E-state index in [1.165, 1.54) is 0 Å². The lowest BCUT2D eigenvalue weighted by Gasteiger charge is -2.34. The second kappa shape index (κ2) is 8.39. The maximum atomic E-state index is 12.9. The molecule has 4 heterocycles. The van der Waals surface area contributed by atoms with E-state index in [1.54, 1.807) is 27.4 Å². The molecule has 0 unspecified atom stereocenters. The van der Waals surface area contributed by atoms with Crippen LogP contribution in [-0.4, -0.2) is 62.4 Å². The van der Waals surface area contributed by atoms with Crippen LogP contribution in [0, 0.1) is 0 Å². The van der Waals surface area contributed by atoms with Gasteiger partial charge in [0.2, 0.25) is 5.91 Å². The van der Waals surface area contributed by atoms with Gasteiger partial charge in [-0.25, -0.2) is 9.50 Å². The molecule has 8 heteroatoms. The molecule has 174 valence electrons. The number of para-hydroxylation sites is 1. The summed E-state index contributed by atoms with van der Waals surface area (Å²) in [7, 11) is 0. The Morgan fingerprint density at radius 1 is 0.886 bits per heavy atom. The minimum absolute atomic E-state index is 0.0232. The number of furan rings is 1. The fourth-order valence-corrected chi connectivity index (χ4v) is 4.49. The highest BCUT2D eigenvalue weighted by Gasteiger charge is 2.23. The molecule has 3 aromatic heterocycles. The molecule has 2 amide bonds. The standard InChI is InChI=1S/C27H23N5O3/c1-18(33)30-12-14-31(15-13-30)27(34)20-8-6-19(7-9-20)22-10-11-26-28-17-23(32(26)29-22)25-16-21-4-2-3-5-24(21)35-25/h2-11,16-17H,12-15H2,1H3. The second-order valence-electron chi connectivity index (χ2n) is 8.66. The molecule has 1 saturated heterocycles. The molecule has 0 N–H and O–H groups in total. The lowest BCUT2D eigenvalue weighted by molar-refractivity contribution is -0.130. The number of aromatic nitrogens is 3. The van der Waals surface area contributed by atoms with Crippen molar-refractivity contribution < 1.29 is 14.0 Å². The predicted octanol–water partition coefficient (Wildman–Crippen LogP) is 4.11. The predicted molar refractivity (Wildman–Crippen MR) is 132 cm³/mol. The van der Waals surface area contributed by atoms with E-state index in [4.69, 9.17) is 9.52 Å². The fourth-order valence-electron chi connectivity index (χ4n) is 4.49. The highest BCUT2D eigenvalue weighted by Crippen LogP contribution is 2.29. The maximum Gasteiger partial charge on any atom is 0.253 e. The summed E-state index contributed by atoms with van der Waals surface area (Å²) < 4.78 is 7.80. The van der Waals surface area contributed by atoms with Crippen LogP contribution in [-0.2, 0) is 4.79 Å². The first-order valence-corrected chi connectivity index (χ1v) is 11.6. The lowest BCUT2D eigenvalue weighted by atomic mass is 10.1. The smallest absolute Gasteiger partial charge is 0.253 e. The van der Waals surface area contributed by atoms with Crippen LogP contribution >= 0.6 is 0 Å². The SMILES string of the molecule is CC(=O)N1CCN(C(=O)c2ccc(-c3ccc4ncc(-c5cc6ccccc6o5)n4n3)cc2)CC1. The highest BCUT2D eigenvalue weighted by atomic mass is 16.3. The molecule has 0 bridgehead atoms. The van der Waals surface area contributed by atoms with Crippen molar-refractivity contribution in [2.75, 3.05) is 26.2 Å². The normalized spacial score (nSPS) is 14.1. The van der Waals surface area contributed by atoms with Gasteiger partial charge in [0.05, 0.1) is 11.9 Å². The monoisotopic (exact) mass is 465 g/mol. The first kappa shape index (κ1) is 21.1. The van der Waals surface area contributed by atoms with E-state index in [1.807, 2.05) is 66.7 Å². The first-order chi connectivity index (χ1) is 17.1. The summed E-state index contributed by atoms with van der Waals surface area (Å²) in [6.45, 7) is 3.79. The van der Waals surface area contributed by atoms with Crippen molar-refractivity contribution in [2.24, 2.45) is 0 Å². The minimum Gasteiger partial charge on any atom is -0.454 e. The number of benzene rings is 2. The number of hydrogen-bond donors (Lipinski definition) is 0. The zero-order valence-electron chi connectivity index (χ0n) is 19.2. The average molecular weight is 466 g/mol. The fraction of sp³-hybridized carbons (Fsp3) is 0.185. The van der Waals surface area contributed by atoms with Crippen molar-refractivity contribution in [3.05, 3.63) is 78.5 Å². The van der Waals surface area contributed by atoms with Gasteiger partial charge in [0.15, 0.2) is 11.4 Å². The molecule has 1 aliphatic rings. The van der Waals surface area contributed by atoms with E-state index in [-0.39, 0.29) is 11.8 Å². The van der Waals surface area contributed by atoms with E-state index in [0.29, 0.717) is 37.5 Å². The Balaban J connectivity index is 1.26. The van der Waals surface area contributed by atoms with Gasteiger partial charge < -0.3 is 14.2 Å². The molecular formula is C27H23N5O3. The third kappa shape index (κ3) is 3.82. The van der Waals surface area contributed by atoms with Crippen LogP contribution in [0.1, 0.15) is 17.3 Å². The van der Waals surface area contributed by atoms with Gasteiger partial charge in [-0.2, -0.15) is 5.10 Å². The van der Waals surface area contributed by atoms with Gasteiger partial charge in [0, 0.05) is 49.6 Å². The second-order valence-corrected chi connectivity index (χ2v) is 8.66. The van der Waals surface area contributed by atoms with Gasteiger partial charge in [-0.3, -0.25) is 9.59 Å². The van der Waals surface area contributed by atoms with Gasteiger partial charge in [-0.1, -0.05) is 30.3 Å². The van der Waals surface area contributed by atoms with Crippen molar-refractivity contribution in [1.29, 1.82) is 0 Å². The van der Waals surface area contributed by atoms with E-state index >= 15 is 0 Å². The summed E-state index contributed by atoms with van der Waals surface area (Å²) in [4.78, 5) is 32.5. The van der Waals surface area contributed by atoms with E-state index in [9.17, 15) is 9.59 Å². The van der Waals surface area contributed by atoms with E-state index in [0.717, 1.165) is 33.6 Å². The van der Waals surface area contributed by atoms with Gasteiger partial charge in [-0.05, 0) is 36.4 Å². The summed E-state index contributed by atoms with van der Waals surface area (Å²) in [5, 5.41) is 5.83. The van der Waals surface area contributed by atoms with Gasteiger partial charge in [-0.15, -0.1) is 0 Å². The van der Waals surface area contributed by atoms with E-state index in [2.05, 4.69) is 4.98 Å². The Hall–Kier alpha value is -4.46. The average Bonchev–Trinajstić information content (AvgIpc) is 3.52. The molecule has 0 spiro atoms. The maximum absolute atomic E-state index is 12.9. The molecule has 35 heavy (non-hydrogen) atoms. The van der Waals surface area contributed by atoms with Crippen LogP contribution in [0.3, 0.4) is 0 Å². The number of carbonyl (C=O) groups is 2. The Morgan fingerprint density at radius 3 is 2.37 bits per heavy atom. The Bertz CT molecular complexity index is 1530. The molecule has 5 aromatic rings. The number of rotatable bonds is 3. The third-order valence-corrected chi connectivity index (χ3v) is 6.48. The molecule has 0 atom stereocenters. The van der Waals surface area contributed by atoms with Crippen LogP contribution in [0.2, 0.25) is 0 Å². The number of hydrogen-bond acceptors (Lipinski definition) is 5. The van der Waals surface area contributed by atoms with E-state index < -0.39 is 0 Å². The van der Waals surface area contributed by atoms with Crippen LogP contribution in [0.15, 0.2) is 77.3 Å². The number of imidazole rings is 1. The largest absolute Gasteiger partial charge is 0.454 e. The topological polar surface area (TPSA) is 84.0 Å². The summed E-state index contributed by atoms with van der Waals surface area (Å²) >= 11 is 0. The molecule has 8 nitrogen and oxygen atoms in total. The molecule has 6 rings (SSSR count). The molecule has 0 aliphatic carbocycles. The zero-order chi connectivity index (χ0) is 23.9. The highest BCUT2D eigenvalue weighted by molar-refractivity contribution is 5.95. The van der Waals surface area contributed by atoms with Crippen molar-refractivity contribution >= 4 is 28.4 Å². The summed E-state index contributed by atoms with van der Waals surface area (Å²) in [5.74, 6) is 0.728. The van der Waals surface area contributed by atoms with Crippen molar-refractivity contribution in [2.45, 2.75) is 6.92 Å². The number of nitrogens with zero attached hydrogens (tertiary/aromatic N) is 5. The Labute approximate surface area is 201 Å². The van der Waals surface area contributed by atoms with Gasteiger partial charge in [0.1, 0.15) is 11.3 Å². The quantitative estimate of drug-likeness (QED) is 0.400. The van der Waals surface area contributed by atoms with Crippen molar-refractivity contribution in [1.82, 2.24) is 24.4 Å². The summed E-state index contributed by atoms with van der Waals surface area (Å²) in [6, 6.07) is 21.2. The molecule has 0 radical (unpaired) electrons. The van der Waals surface area contributed by atoms with Crippen molar-refractivity contribution in [3.8, 4) is 22.7 Å². The number of amides is 2.